The first-order chi connectivity index (χ1) is 9.32. The van der Waals surface area contributed by atoms with Gasteiger partial charge in [0.05, 0.1) is 0 Å². The summed E-state index contributed by atoms with van der Waals surface area (Å²) in [6.07, 6.45) is 0.852. The normalized spacial score (nSPS) is 13.2. The zero-order valence-electron chi connectivity index (χ0n) is 11.8. The number of alkyl halides is 3. The second kappa shape index (κ2) is 7.31. The highest BCUT2D eigenvalue weighted by Gasteiger charge is 2.33. The lowest BCUT2D eigenvalue weighted by atomic mass is 10.1. The molecule has 0 saturated heterocycles. The molecule has 0 amide bonds. The van der Waals surface area contributed by atoms with Gasteiger partial charge in [-0.15, -0.1) is 0 Å². The Morgan fingerprint density at radius 3 is 2.55 bits per heavy atom. The van der Waals surface area contributed by atoms with Crippen molar-refractivity contribution >= 4 is 11.8 Å². The van der Waals surface area contributed by atoms with Crippen molar-refractivity contribution in [1.82, 2.24) is 9.97 Å². The van der Waals surface area contributed by atoms with Gasteiger partial charge < -0.3 is 11.1 Å². The van der Waals surface area contributed by atoms with Crippen LogP contribution in [0.1, 0.15) is 51.6 Å². The molecule has 3 N–H and O–H groups in total. The first kappa shape index (κ1) is 16.5. The number of unbranched alkanes of at least 4 members (excludes halogenated alkanes) is 3. The number of rotatable bonds is 7. The fourth-order valence-corrected chi connectivity index (χ4v) is 1.89. The Balaban J connectivity index is 2.61. The fourth-order valence-electron chi connectivity index (χ4n) is 1.89. The Morgan fingerprint density at radius 2 is 1.95 bits per heavy atom. The summed E-state index contributed by atoms with van der Waals surface area (Å²) < 4.78 is 37.8. The summed E-state index contributed by atoms with van der Waals surface area (Å²) in [5, 5.41) is 2.94. The van der Waals surface area contributed by atoms with E-state index in [-0.39, 0.29) is 17.8 Å². The molecule has 0 spiro atoms. The van der Waals surface area contributed by atoms with Gasteiger partial charge in [-0.1, -0.05) is 32.6 Å². The van der Waals surface area contributed by atoms with Crippen LogP contribution >= 0.6 is 0 Å². The third-order valence-electron chi connectivity index (χ3n) is 2.92. The van der Waals surface area contributed by atoms with Crippen molar-refractivity contribution in [2.45, 2.75) is 58.2 Å². The van der Waals surface area contributed by atoms with Crippen molar-refractivity contribution in [3.63, 3.8) is 0 Å². The quantitative estimate of drug-likeness (QED) is 0.749. The molecule has 1 heterocycles. The largest absolute Gasteiger partial charge is 0.433 e. The Labute approximate surface area is 117 Å². The van der Waals surface area contributed by atoms with Crippen molar-refractivity contribution in [2.24, 2.45) is 0 Å². The van der Waals surface area contributed by atoms with E-state index in [1.165, 1.54) is 6.42 Å². The van der Waals surface area contributed by atoms with E-state index < -0.39 is 11.9 Å². The molecular weight excluding hydrogens is 269 g/mol. The summed E-state index contributed by atoms with van der Waals surface area (Å²) in [6.45, 7) is 4.04. The van der Waals surface area contributed by atoms with Crippen LogP contribution in [0.4, 0.5) is 24.9 Å². The standard InChI is InChI=1S/C13H21F3N4/c1-3-4-5-6-7-9(2)18-11-8-10(13(14,15)16)19-12(17)20-11/h8-9H,3-7H2,1-2H3,(H3,17,18,19,20). The van der Waals surface area contributed by atoms with Gasteiger partial charge in [-0.3, -0.25) is 0 Å². The monoisotopic (exact) mass is 290 g/mol. The first-order valence-electron chi connectivity index (χ1n) is 6.81. The number of hydrogen-bond donors (Lipinski definition) is 2. The lowest BCUT2D eigenvalue weighted by molar-refractivity contribution is -0.141. The maximum Gasteiger partial charge on any atom is 0.433 e. The van der Waals surface area contributed by atoms with E-state index in [1.54, 1.807) is 0 Å². The van der Waals surface area contributed by atoms with Gasteiger partial charge in [0.2, 0.25) is 5.95 Å². The van der Waals surface area contributed by atoms with E-state index in [2.05, 4.69) is 22.2 Å². The lowest BCUT2D eigenvalue weighted by Crippen LogP contribution is -2.18. The van der Waals surface area contributed by atoms with Crippen LogP contribution in [0.25, 0.3) is 0 Å². The number of nitrogens with zero attached hydrogens (tertiary/aromatic N) is 2. The van der Waals surface area contributed by atoms with E-state index in [4.69, 9.17) is 5.73 Å². The highest BCUT2D eigenvalue weighted by Crippen LogP contribution is 2.29. The molecular formula is C13H21F3N4. The van der Waals surface area contributed by atoms with Crippen LogP contribution in [0.3, 0.4) is 0 Å². The summed E-state index contributed by atoms with van der Waals surface area (Å²) in [7, 11) is 0. The maximum atomic E-state index is 12.6. The van der Waals surface area contributed by atoms with Crippen molar-refractivity contribution in [3.8, 4) is 0 Å². The molecule has 0 fully saturated rings. The second-order valence-electron chi connectivity index (χ2n) is 4.89. The summed E-state index contributed by atoms with van der Waals surface area (Å²) in [5.41, 5.74) is 4.29. The molecule has 1 rings (SSSR count). The predicted octanol–water partition coefficient (Wildman–Crippen LogP) is 3.85. The van der Waals surface area contributed by atoms with E-state index in [9.17, 15) is 13.2 Å². The van der Waals surface area contributed by atoms with Crippen LogP contribution in [0.5, 0.6) is 0 Å². The summed E-state index contributed by atoms with van der Waals surface area (Å²) in [4.78, 5) is 6.99. The van der Waals surface area contributed by atoms with Gasteiger partial charge in [0.1, 0.15) is 5.82 Å². The number of hydrogen-bond acceptors (Lipinski definition) is 4. The molecule has 1 aromatic heterocycles. The van der Waals surface area contributed by atoms with Crippen LogP contribution in [0, 0.1) is 0 Å². The number of nitrogens with two attached hydrogens (primary N) is 1. The minimum atomic E-state index is -4.52. The second-order valence-corrected chi connectivity index (χ2v) is 4.89. The highest BCUT2D eigenvalue weighted by atomic mass is 19.4. The van der Waals surface area contributed by atoms with Gasteiger partial charge in [0.25, 0.3) is 0 Å². The fraction of sp³-hybridized carbons (Fsp3) is 0.692. The summed E-state index contributed by atoms with van der Waals surface area (Å²) in [5.74, 6) is -0.256. The minimum absolute atomic E-state index is 0.0437. The Bertz CT molecular complexity index is 421. The average molecular weight is 290 g/mol. The molecule has 0 radical (unpaired) electrons. The van der Waals surface area contributed by atoms with E-state index in [0.29, 0.717) is 0 Å². The Hall–Kier alpha value is -1.53. The molecule has 0 bridgehead atoms. The maximum absolute atomic E-state index is 12.6. The first-order valence-corrected chi connectivity index (χ1v) is 6.81. The van der Waals surface area contributed by atoms with Crippen LogP contribution < -0.4 is 11.1 Å². The Morgan fingerprint density at radius 1 is 1.25 bits per heavy atom. The third kappa shape index (κ3) is 5.63. The third-order valence-corrected chi connectivity index (χ3v) is 2.92. The number of nitrogen functional groups attached to an aromatic ring is 1. The number of aromatic nitrogens is 2. The van der Waals surface area contributed by atoms with Gasteiger partial charge >= 0.3 is 6.18 Å². The molecule has 1 aromatic rings. The number of nitrogens with one attached hydrogen (secondary N) is 1. The molecule has 114 valence electrons. The zero-order chi connectivity index (χ0) is 15.2. The van der Waals surface area contributed by atoms with Crippen molar-refractivity contribution < 1.29 is 13.2 Å². The molecule has 7 heteroatoms. The molecule has 4 nitrogen and oxygen atoms in total. The molecule has 0 saturated carbocycles. The van der Waals surface area contributed by atoms with Crippen molar-refractivity contribution in [3.05, 3.63) is 11.8 Å². The molecule has 1 unspecified atom stereocenters. The van der Waals surface area contributed by atoms with Crippen LogP contribution in [-0.2, 0) is 6.18 Å². The predicted molar refractivity (Wildman–Crippen MR) is 73.3 cm³/mol. The van der Waals surface area contributed by atoms with Gasteiger partial charge in [0.15, 0.2) is 5.69 Å². The minimum Gasteiger partial charge on any atom is -0.368 e. The average Bonchev–Trinajstić information content (AvgIpc) is 2.33. The topological polar surface area (TPSA) is 63.8 Å². The summed E-state index contributed by atoms with van der Waals surface area (Å²) in [6, 6.07) is 0.932. The van der Waals surface area contributed by atoms with E-state index in [1.807, 2.05) is 6.92 Å². The lowest BCUT2D eigenvalue weighted by Gasteiger charge is -2.15. The van der Waals surface area contributed by atoms with Gasteiger partial charge in [0, 0.05) is 12.1 Å². The number of anilines is 2. The molecule has 0 aliphatic rings. The van der Waals surface area contributed by atoms with E-state index in [0.717, 1.165) is 31.7 Å². The van der Waals surface area contributed by atoms with E-state index >= 15 is 0 Å². The van der Waals surface area contributed by atoms with Crippen molar-refractivity contribution in [2.75, 3.05) is 11.1 Å². The molecule has 0 aliphatic heterocycles. The molecule has 0 aromatic carbocycles. The van der Waals surface area contributed by atoms with Crippen molar-refractivity contribution in [1.29, 1.82) is 0 Å². The van der Waals surface area contributed by atoms with Crippen LogP contribution in [0.2, 0.25) is 0 Å². The van der Waals surface area contributed by atoms with Gasteiger partial charge in [-0.25, -0.2) is 4.98 Å². The zero-order valence-corrected chi connectivity index (χ0v) is 11.8. The van der Waals surface area contributed by atoms with Crippen LogP contribution in [-0.4, -0.2) is 16.0 Å². The summed E-state index contributed by atoms with van der Waals surface area (Å²) >= 11 is 0. The SMILES string of the molecule is CCCCCCC(C)Nc1cc(C(F)(F)F)nc(N)n1. The van der Waals surface area contributed by atoms with Gasteiger partial charge in [-0.2, -0.15) is 18.2 Å². The number of halogens is 3. The molecule has 0 aliphatic carbocycles. The highest BCUT2D eigenvalue weighted by molar-refractivity contribution is 5.41. The molecule has 1 atom stereocenters. The van der Waals surface area contributed by atoms with Crippen LogP contribution in [0.15, 0.2) is 6.07 Å². The molecule has 20 heavy (non-hydrogen) atoms. The smallest absolute Gasteiger partial charge is 0.368 e. The Kier molecular flexibility index (Phi) is 6.04. The van der Waals surface area contributed by atoms with Gasteiger partial charge in [-0.05, 0) is 13.3 Å².